The fourth-order valence-corrected chi connectivity index (χ4v) is 4.10. The maximum atomic E-state index is 12.1. The van der Waals surface area contributed by atoms with Crippen LogP contribution in [0, 0.1) is 0 Å². The number of hydrogen-bond acceptors (Lipinski definition) is 3. The van der Waals surface area contributed by atoms with Crippen molar-refractivity contribution < 1.29 is 4.79 Å². The van der Waals surface area contributed by atoms with Crippen LogP contribution in [0.15, 0.2) is 53.5 Å². The predicted octanol–water partition coefficient (Wildman–Crippen LogP) is 4.02. The summed E-state index contributed by atoms with van der Waals surface area (Å²) in [5, 5.41) is 6.73. The second-order valence-corrected chi connectivity index (χ2v) is 8.96. The summed E-state index contributed by atoms with van der Waals surface area (Å²) in [6.45, 7) is 7.61. The molecule has 1 aliphatic heterocycles. The van der Waals surface area contributed by atoms with Crippen molar-refractivity contribution in [3.63, 3.8) is 0 Å². The molecule has 0 unspecified atom stereocenters. The molecule has 2 aromatic rings. The van der Waals surface area contributed by atoms with Crippen molar-refractivity contribution in [2.24, 2.45) is 4.99 Å². The normalized spacial score (nSPS) is 15.1. The highest BCUT2D eigenvalue weighted by molar-refractivity contribution is 5.93. The van der Waals surface area contributed by atoms with E-state index >= 15 is 0 Å². The lowest BCUT2D eigenvalue weighted by Gasteiger charge is -2.20. The summed E-state index contributed by atoms with van der Waals surface area (Å²) in [6, 6.07) is 16.5. The van der Waals surface area contributed by atoms with Crippen LogP contribution in [0.3, 0.4) is 0 Å². The predicted molar refractivity (Wildman–Crippen MR) is 136 cm³/mol. The zero-order chi connectivity index (χ0) is 23.5. The van der Waals surface area contributed by atoms with Crippen LogP contribution in [-0.2, 0) is 19.6 Å². The third kappa shape index (κ3) is 8.21. The average molecular weight is 450 g/mol. The molecule has 0 aromatic heterocycles. The molecule has 0 saturated carbocycles. The molecule has 6 nitrogen and oxygen atoms in total. The van der Waals surface area contributed by atoms with Crippen LogP contribution in [0.5, 0.6) is 0 Å². The summed E-state index contributed by atoms with van der Waals surface area (Å²) in [6.07, 6.45) is 5.36. The van der Waals surface area contributed by atoms with E-state index in [1.54, 1.807) is 19.0 Å². The molecule has 0 spiro atoms. The second kappa shape index (κ2) is 13.0. The average Bonchev–Trinajstić information content (AvgIpc) is 3.09. The number of likely N-dealkylation sites (tertiary alicyclic amines) is 1. The second-order valence-electron chi connectivity index (χ2n) is 8.96. The van der Waals surface area contributed by atoms with E-state index in [1.165, 1.54) is 49.9 Å². The summed E-state index contributed by atoms with van der Waals surface area (Å²) in [7, 11) is 3.53. The number of nitrogens with one attached hydrogen (secondary N) is 2. The Morgan fingerprint density at radius 3 is 2.30 bits per heavy atom. The van der Waals surface area contributed by atoms with Gasteiger partial charge in [-0.05, 0) is 61.7 Å². The Labute approximate surface area is 199 Å². The molecule has 0 bridgehead atoms. The van der Waals surface area contributed by atoms with E-state index in [1.807, 2.05) is 24.3 Å². The van der Waals surface area contributed by atoms with Gasteiger partial charge >= 0.3 is 0 Å². The molecule has 0 radical (unpaired) electrons. The lowest BCUT2D eigenvalue weighted by atomic mass is 10.1. The highest BCUT2D eigenvalue weighted by Gasteiger charge is 2.10. The van der Waals surface area contributed by atoms with Gasteiger partial charge < -0.3 is 15.5 Å². The number of guanidine groups is 1. The number of benzene rings is 2. The molecule has 1 heterocycles. The number of carbonyl (C=O) groups is 1. The SMILES string of the molecule is CCNC(=NCc1cccc(CN2CCCCCC2)c1)NCc1ccc(C(=O)N(C)C)cc1. The molecule has 1 saturated heterocycles. The number of nitrogens with zero attached hydrogens (tertiary/aromatic N) is 3. The van der Waals surface area contributed by atoms with Gasteiger partial charge in [-0.2, -0.15) is 0 Å². The fourth-order valence-electron chi connectivity index (χ4n) is 4.10. The van der Waals surface area contributed by atoms with E-state index in [0.717, 1.165) is 24.6 Å². The topological polar surface area (TPSA) is 60.0 Å². The van der Waals surface area contributed by atoms with Gasteiger partial charge in [0.15, 0.2) is 5.96 Å². The molecule has 2 aromatic carbocycles. The van der Waals surface area contributed by atoms with Crippen molar-refractivity contribution in [1.29, 1.82) is 0 Å². The number of aliphatic imine (C=N–C) groups is 1. The zero-order valence-electron chi connectivity index (χ0n) is 20.4. The van der Waals surface area contributed by atoms with Crippen LogP contribution in [0.25, 0.3) is 0 Å². The molecular weight excluding hydrogens is 410 g/mol. The van der Waals surface area contributed by atoms with Gasteiger partial charge in [0.2, 0.25) is 0 Å². The first-order valence-corrected chi connectivity index (χ1v) is 12.2. The molecule has 178 valence electrons. The van der Waals surface area contributed by atoms with Crippen LogP contribution >= 0.6 is 0 Å². The van der Waals surface area contributed by atoms with E-state index in [4.69, 9.17) is 4.99 Å². The molecule has 6 heteroatoms. The summed E-state index contributed by atoms with van der Waals surface area (Å²) < 4.78 is 0. The first kappa shape index (κ1) is 24.8. The minimum atomic E-state index is 0.0162. The summed E-state index contributed by atoms with van der Waals surface area (Å²) in [4.78, 5) is 21.0. The van der Waals surface area contributed by atoms with Crippen LogP contribution in [0.1, 0.15) is 59.7 Å². The third-order valence-electron chi connectivity index (χ3n) is 5.93. The number of carbonyl (C=O) groups excluding carboxylic acids is 1. The van der Waals surface area contributed by atoms with Crippen LogP contribution in [0.2, 0.25) is 0 Å². The van der Waals surface area contributed by atoms with Crippen LogP contribution in [0.4, 0.5) is 0 Å². The van der Waals surface area contributed by atoms with E-state index < -0.39 is 0 Å². The van der Waals surface area contributed by atoms with Crippen molar-refractivity contribution in [3.05, 3.63) is 70.8 Å². The van der Waals surface area contributed by atoms with Gasteiger partial charge in [-0.3, -0.25) is 9.69 Å². The van der Waals surface area contributed by atoms with Crippen LogP contribution < -0.4 is 10.6 Å². The quantitative estimate of drug-likeness (QED) is 0.472. The number of amides is 1. The van der Waals surface area contributed by atoms with Crippen molar-refractivity contribution >= 4 is 11.9 Å². The first-order valence-electron chi connectivity index (χ1n) is 12.2. The van der Waals surface area contributed by atoms with E-state index in [9.17, 15) is 4.79 Å². The molecule has 1 amide bonds. The van der Waals surface area contributed by atoms with E-state index in [2.05, 4.69) is 46.7 Å². The molecule has 1 fully saturated rings. The molecular formula is C27H39N5O. The lowest BCUT2D eigenvalue weighted by Crippen LogP contribution is -2.36. The minimum Gasteiger partial charge on any atom is -0.357 e. The van der Waals surface area contributed by atoms with Crippen molar-refractivity contribution in [3.8, 4) is 0 Å². The van der Waals surface area contributed by atoms with Gasteiger partial charge in [0.05, 0.1) is 6.54 Å². The maximum Gasteiger partial charge on any atom is 0.253 e. The minimum absolute atomic E-state index is 0.0162. The molecule has 2 N–H and O–H groups in total. The third-order valence-corrected chi connectivity index (χ3v) is 5.93. The Morgan fingerprint density at radius 2 is 1.64 bits per heavy atom. The van der Waals surface area contributed by atoms with Gasteiger partial charge in [-0.25, -0.2) is 4.99 Å². The summed E-state index contributed by atoms with van der Waals surface area (Å²) in [5.74, 6) is 0.811. The monoisotopic (exact) mass is 449 g/mol. The zero-order valence-corrected chi connectivity index (χ0v) is 20.4. The molecule has 3 rings (SSSR count). The summed E-state index contributed by atoms with van der Waals surface area (Å²) in [5.41, 5.74) is 4.40. The van der Waals surface area contributed by atoms with Gasteiger partial charge in [0.1, 0.15) is 0 Å². The lowest BCUT2D eigenvalue weighted by molar-refractivity contribution is 0.0827. The highest BCUT2D eigenvalue weighted by Crippen LogP contribution is 2.15. The van der Waals surface area contributed by atoms with E-state index in [-0.39, 0.29) is 5.91 Å². The molecule has 1 aliphatic rings. The van der Waals surface area contributed by atoms with Crippen molar-refractivity contribution in [2.75, 3.05) is 33.7 Å². The Kier molecular flexibility index (Phi) is 9.76. The van der Waals surface area contributed by atoms with Crippen LogP contribution in [-0.4, -0.2) is 55.4 Å². The molecule has 0 atom stereocenters. The Bertz CT molecular complexity index is 899. The van der Waals surface area contributed by atoms with Gasteiger partial charge in [-0.1, -0.05) is 49.2 Å². The van der Waals surface area contributed by atoms with E-state index in [0.29, 0.717) is 18.7 Å². The Hall–Kier alpha value is -2.86. The fraction of sp³-hybridized carbons (Fsp3) is 0.481. The van der Waals surface area contributed by atoms with Gasteiger partial charge in [0, 0.05) is 39.3 Å². The van der Waals surface area contributed by atoms with Gasteiger partial charge in [0.25, 0.3) is 5.91 Å². The Morgan fingerprint density at radius 1 is 0.939 bits per heavy atom. The Balaban J connectivity index is 1.56. The molecule has 0 aliphatic carbocycles. The highest BCUT2D eigenvalue weighted by atomic mass is 16.2. The standard InChI is InChI=1S/C27H39N5O/c1-4-28-27(29-19-22-12-14-25(15-13-22)26(33)31(2)3)30-20-23-10-9-11-24(18-23)21-32-16-7-5-6-8-17-32/h9-15,18H,4-8,16-17,19-21H2,1-3H3,(H2,28,29,30). The number of rotatable bonds is 8. The van der Waals surface area contributed by atoms with Gasteiger partial charge in [-0.15, -0.1) is 0 Å². The smallest absolute Gasteiger partial charge is 0.253 e. The number of hydrogen-bond donors (Lipinski definition) is 2. The molecule has 33 heavy (non-hydrogen) atoms. The van der Waals surface area contributed by atoms with Crippen molar-refractivity contribution in [2.45, 2.75) is 52.2 Å². The maximum absolute atomic E-state index is 12.1. The van der Waals surface area contributed by atoms with Crippen molar-refractivity contribution in [1.82, 2.24) is 20.4 Å². The largest absolute Gasteiger partial charge is 0.357 e. The first-order chi connectivity index (χ1) is 16.0. The summed E-state index contributed by atoms with van der Waals surface area (Å²) >= 11 is 0.